The van der Waals surface area contributed by atoms with Crippen LogP contribution in [-0.4, -0.2) is 21.8 Å². The number of carbonyl (C=O) groups excluding carboxylic acids is 2. The molecular formula is C18H15N3O4. The average molecular weight is 337 g/mol. The molecule has 0 aliphatic carbocycles. The van der Waals surface area contributed by atoms with Crippen LogP contribution in [0.3, 0.4) is 0 Å². The minimum absolute atomic E-state index is 0.163. The number of para-hydroxylation sites is 1. The topological polar surface area (TPSA) is 101 Å². The fourth-order valence-electron chi connectivity index (χ4n) is 2.35. The van der Waals surface area contributed by atoms with Crippen molar-refractivity contribution in [1.29, 1.82) is 0 Å². The van der Waals surface area contributed by atoms with Crippen molar-refractivity contribution in [1.82, 2.24) is 9.97 Å². The first-order valence-electron chi connectivity index (χ1n) is 7.55. The highest BCUT2D eigenvalue weighted by Crippen LogP contribution is 2.12. The van der Waals surface area contributed by atoms with Crippen molar-refractivity contribution in [3.63, 3.8) is 0 Å². The molecule has 2 N–H and O–H groups in total. The maximum atomic E-state index is 12.1. The Bertz CT molecular complexity index is 1010. The number of nitrogens with one attached hydrogen (secondary N) is 2. The minimum atomic E-state index is -0.581. The second kappa shape index (κ2) is 6.96. The molecule has 25 heavy (non-hydrogen) atoms. The third-order valence-electron chi connectivity index (χ3n) is 3.42. The molecule has 0 aliphatic heterocycles. The van der Waals surface area contributed by atoms with E-state index in [4.69, 9.17) is 4.74 Å². The molecule has 0 atom stereocenters. The van der Waals surface area contributed by atoms with Crippen molar-refractivity contribution in [2.75, 3.05) is 5.32 Å². The van der Waals surface area contributed by atoms with Crippen LogP contribution < -0.4 is 10.9 Å². The van der Waals surface area contributed by atoms with E-state index in [1.807, 2.05) is 0 Å². The lowest BCUT2D eigenvalue weighted by molar-refractivity contribution is -0.114. The molecule has 7 heteroatoms. The van der Waals surface area contributed by atoms with Gasteiger partial charge in [-0.3, -0.25) is 9.59 Å². The summed E-state index contributed by atoms with van der Waals surface area (Å²) in [5.41, 5.74) is 1.03. The number of aromatic amines is 1. The summed E-state index contributed by atoms with van der Waals surface area (Å²) in [6, 6.07) is 13.3. The third kappa shape index (κ3) is 3.89. The number of carbonyl (C=O) groups is 2. The summed E-state index contributed by atoms with van der Waals surface area (Å²) < 4.78 is 5.19. The number of rotatable bonds is 4. The Morgan fingerprint density at radius 1 is 1.16 bits per heavy atom. The number of esters is 1. The molecule has 0 fully saturated rings. The Balaban J connectivity index is 1.74. The predicted octanol–water partition coefficient (Wildman–Crippen LogP) is 2.24. The highest BCUT2D eigenvalue weighted by atomic mass is 16.5. The van der Waals surface area contributed by atoms with Crippen LogP contribution in [0.25, 0.3) is 10.9 Å². The standard InChI is InChI=1S/C18H15N3O4/c1-11(22)19-13-6-4-5-12(9-13)18(24)25-10-16-20-15-8-3-2-7-14(15)17(23)21-16/h2-9H,10H2,1H3,(H,19,22)(H,20,21,23). The number of fused-ring (bicyclic) bond motifs is 1. The lowest BCUT2D eigenvalue weighted by Gasteiger charge is -2.07. The zero-order valence-corrected chi connectivity index (χ0v) is 13.4. The van der Waals surface area contributed by atoms with Crippen molar-refractivity contribution in [3.8, 4) is 0 Å². The van der Waals surface area contributed by atoms with Gasteiger partial charge in [-0.05, 0) is 30.3 Å². The van der Waals surface area contributed by atoms with Gasteiger partial charge in [-0.1, -0.05) is 18.2 Å². The molecule has 7 nitrogen and oxygen atoms in total. The zero-order chi connectivity index (χ0) is 17.8. The van der Waals surface area contributed by atoms with Crippen molar-refractivity contribution >= 4 is 28.5 Å². The van der Waals surface area contributed by atoms with Gasteiger partial charge in [0.05, 0.1) is 16.5 Å². The van der Waals surface area contributed by atoms with Gasteiger partial charge in [0.2, 0.25) is 5.91 Å². The highest BCUT2D eigenvalue weighted by Gasteiger charge is 2.10. The molecule has 3 rings (SSSR count). The summed E-state index contributed by atoms with van der Waals surface area (Å²) in [5.74, 6) is -0.554. The van der Waals surface area contributed by atoms with Gasteiger partial charge in [-0.15, -0.1) is 0 Å². The van der Waals surface area contributed by atoms with Crippen molar-refractivity contribution in [2.45, 2.75) is 13.5 Å². The summed E-state index contributed by atoms with van der Waals surface area (Å²) in [6.07, 6.45) is 0. The van der Waals surface area contributed by atoms with E-state index in [1.165, 1.54) is 13.0 Å². The average Bonchev–Trinajstić information content (AvgIpc) is 2.59. The largest absolute Gasteiger partial charge is 0.454 e. The zero-order valence-electron chi connectivity index (χ0n) is 13.4. The number of H-pyrrole nitrogens is 1. The summed E-state index contributed by atoms with van der Waals surface area (Å²) in [7, 11) is 0. The van der Waals surface area contributed by atoms with Gasteiger partial charge >= 0.3 is 5.97 Å². The molecule has 0 bridgehead atoms. The fraction of sp³-hybridized carbons (Fsp3) is 0.111. The summed E-state index contributed by atoms with van der Waals surface area (Å²) in [6.45, 7) is 1.22. The molecule has 1 amide bonds. The SMILES string of the molecule is CC(=O)Nc1cccc(C(=O)OCc2nc3ccccc3c(=O)[nH]2)c1. The van der Waals surface area contributed by atoms with Crippen molar-refractivity contribution in [2.24, 2.45) is 0 Å². The van der Waals surface area contributed by atoms with E-state index in [9.17, 15) is 14.4 Å². The molecule has 1 aromatic heterocycles. The monoisotopic (exact) mass is 337 g/mol. The van der Waals surface area contributed by atoms with Crippen LogP contribution in [0.2, 0.25) is 0 Å². The van der Waals surface area contributed by atoms with Crippen LogP contribution in [0, 0.1) is 0 Å². The van der Waals surface area contributed by atoms with Gasteiger partial charge in [0.25, 0.3) is 5.56 Å². The third-order valence-corrected chi connectivity index (χ3v) is 3.42. The first kappa shape index (κ1) is 16.4. The smallest absolute Gasteiger partial charge is 0.338 e. The van der Waals surface area contributed by atoms with E-state index in [0.29, 0.717) is 16.6 Å². The van der Waals surface area contributed by atoms with E-state index in [0.717, 1.165) is 0 Å². The number of aromatic nitrogens is 2. The maximum Gasteiger partial charge on any atom is 0.338 e. The van der Waals surface area contributed by atoms with Gasteiger partial charge < -0.3 is 15.0 Å². The molecule has 2 aromatic carbocycles. The Hall–Kier alpha value is -3.48. The Morgan fingerprint density at radius 3 is 2.76 bits per heavy atom. The lowest BCUT2D eigenvalue weighted by atomic mass is 10.2. The molecular weight excluding hydrogens is 322 g/mol. The van der Waals surface area contributed by atoms with E-state index in [-0.39, 0.29) is 29.5 Å². The van der Waals surface area contributed by atoms with Crippen LogP contribution in [0.15, 0.2) is 53.3 Å². The summed E-state index contributed by atoms with van der Waals surface area (Å²) >= 11 is 0. The quantitative estimate of drug-likeness (QED) is 0.711. The van der Waals surface area contributed by atoms with E-state index >= 15 is 0 Å². The molecule has 0 spiro atoms. The number of amides is 1. The first-order chi connectivity index (χ1) is 12.0. The second-order valence-electron chi connectivity index (χ2n) is 5.37. The summed E-state index contributed by atoms with van der Waals surface area (Å²) in [5, 5.41) is 3.07. The molecule has 0 unspecified atom stereocenters. The van der Waals surface area contributed by atoms with Crippen LogP contribution in [-0.2, 0) is 16.1 Å². The Labute approximate surface area is 142 Å². The van der Waals surface area contributed by atoms with Gasteiger partial charge in [-0.2, -0.15) is 0 Å². The van der Waals surface area contributed by atoms with Gasteiger partial charge in [0, 0.05) is 12.6 Å². The van der Waals surface area contributed by atoms with E-state index < -0.39 is 5.97 Å². The van der Waals surface area contributed by atoms with Crippen molar-refractivity contribution in [3.05, 3.63) is 70.3 Å². The minimum Gasteiger partial charge on any atom is -0.454 e. The molecule has 0 radical (unpaired) electrons. The second-order valence-corrected chi connectivity index (χ2v) is 5.37. The first-order valence-corrected chi connectivity index (χ1v) is 7.55. The van der Waals surface area contributed by atoms with Gasteiger partial charge in [0.1, 0.15) is 12.4 Å². The maximum absolute atomic E-state index is 12.1. The number of nitrogens with zero attached hydrogens (tertiary/aromatic N) is 1. The van der Waals surface area contributed by atoms with Crippen LogP contribution in [0.5, 0.6) is 0 Å². The molecule has 0 saturated carbocycles. The molecule has 3 aromatic rings. The molecule has 1 heterocycles. The van der Waals surface area contributed by atoms with E-state index in [1.54, 1.807) is 42.5 Å². The molecule has 0 aliphatic rings. The van der Waals surface area contributed by atoms with E-state index in [2.05, 4.69) is 15.3 Å². The van der Waals surface area contributed by atoms with Gasteiger partial charge in [0.15, 0.2) is 0 Å². The number of anilines is 1. The normalized spacial score (nSPS) is 10.4. The molecule has 0 saturated heterocycles. The van der Waals surface area contributed by atoms with Gasteiger partial charge in [-0.25, -0.2) is 9.78 Å². The lowest BCUT2D eigenvalue weighted by Crippen LogP contribution is -2.14. The van der Waals surface area contributed by atoms with Crippen LogP contribution in [0.4, 0.5) is 5.69 Å². The highest BCUT2D eigenvalue weighted by molar-refractivity contribution is 5.93. The number of benzene rings is 2. The Morgan fingerprint density at radius 2 is 1.96 bits per heavy atom. The van der Waals surface area contributed by atoms with Crippen LogP contribution in [0.1, 0.15) is 23.1 Å². The summed E-state index contributed by atoms with van der Waals surface area (Å²) in [4.78, 5) is 42.1. The van der Waals surface area contributed by atoms with Crippen LogP contribution >= 0.6 is 0 Å². The number of ether oxygens (including phenoxy) is 1. The number of hydrogen-bond donors (Lipinski definition) is 2. The molecule has 126 valence electrons. The van der Waals surface area contributed by atoms with Crippen molar-refractivity contribution < 1.29 is 14.3 Å². The predicted molar refractivity (Wildman–Crippen MR) is 92.2 cm³/mol. The Kier molecular flexibility index (Phi) is 4.56. The fourth-order valence-corrected chi connectivity index (χ4v) is 2.35. The number of hydrogen-bond acceptors (Lipinski definition) is 5.